The molecule has 0 aliphatic rings. The number of rotatable bonds is 1. The van der Waals surface area contributed by atoms with Crippen LogP contribution in [0.2, 0.25) is 0 Å². The van der Waals surface area contributed by atoms with E-state index in [4.69, 9.17) is 5.73 Å². The van der Waals surface area contributed by atoms with Crippen molar-refractivity contribution in [2.24, 2.45) is 0 Å². The van der Waals surface area contributed by atoms with Crippen LogP contribution in [-0.4, -0.2) is 11.3 Å². The van der Waals surface area contributed by atoms with Gasteiger partial charge in [0.05, 0.1) is 4.47 Å². The van der Waals surface area contributed by atoms with Gasteiger partial charge in [-0.3, -0.25) is 0 Å². The molecule has 0 aromatic carbocycles. The molecule has 1 aromatic rings. The van der Waals surface area contributed by atoms with E-state index < -0.39 is 12.2 Å². The Hall–Kier alpha value is -0.500. The van der Waals surface area contributed by atoms with Gasteiger partial charge in [-0.1, -0.05) is 0 Å². The van der Waals surface area contributed by atoms with E-state index in [1.54, 1.807) is 0 Å². The Balaban J connectivity index is 3.02. The Kier molecular flexibility index (Phi) is 3.25. The molecule has 0 atom stereocenters. The Bertz CT molecular complexity index is 332. The molecule has 0 radical (unpaired) electrons. The van der Waals surface area contributed by atoms with Gasteiger partial charge in [0.25, 0.3) is 0 Å². The van der Waals surface area contributed by atoms with Crippen molar-refractivity contribution in [3.8, 4) is 5.88 Å². The zero-order valence-corrected chi connectivity index (χ0v) is 9.57. The highest BCUT2D eigenvalue weighted by atomic mass is 79.9. The van der Waals surface area contributed by atoms with Crippen molar-refractivity contribution in [2.45, 2.75) is 6.36 Å². The van der Waals surface area contributed by atoms with Crippen molar-refractivity contribution >= 4 is 37.7 Å². The van der Waals surface area contributed by atoms with Crippen LogP contribution in [-0.2, 0) is 0 Å². The summed E-state index contributed by atoms with van der Waals surface area (Å²) in [5.74, 6) is -0.691. The summed E-state index contributed by atoms with van der Waals surface area (Å²) in [5.41, 5.74) is 5.30. The van der Waals surface area contributed by atoms with E-state index in [1.807, 2.05) is 0 Å². The van der Waals surface area contributed by atoms with Gasteiger partial charge in [0.15, 0.2) is 0 Å². The molecule has 0 saturated carbocycles. The largest absolute Gasteiger partial charge is 0.574 e. The predicted molar refractivity (Wildman–Crippen MR) is 50.7 cm³/mol. The van der Waals surface area contributed by atoms with Gasteiger partial charge in [-0.05, 0) is 31.9 Å². The summed E-state index contributed by atoms with van der Waals surface area (Å²) in [6, 6.07) is 1.06. The third-order valence-electron chi connectivity index (χ3n) is 1.14. The molecule has 8 heteroatoms. The Morgan fingerprint density at radius 2 is 1.93 bits per heavy atom. The van der Waals surface area contributed by atoms with Crippen LogP contribution in [0.5, 0.6) is 5.88 Å². The molecule has 1 aromatic heterocycles. The van der Waals surface area contributed by atoms with Crippen molar-refractivity contribution in [3.05, 3.63) is 15.0 Å². The Morgan fingerprint density at radius 1 is 1.36 bits per heavy atom. The molecule has 1 rings (SSSR count). The number of nitrogens with zero attached hydrogens (tertiary/aromatic N) is 1. The molecule has 0 aliphatic carbocycles. The minimum absolute atomic E-state index is 0.0846. The van der Waals surface area contributed by atoms with E-state index in [-0.39, 0.29) is 5.82 Å². The minimum atomic E-state index is -4.77. The molecule has 0 unspecified atom stereocenters. The highest BCUT2D eigenvalue weighted by Gasteiger charge is 2.32. The van der Waals surface area contributed by atoms with Crippen molar-refractivity contribution < 1.29 is 17.9 Å². The van der Waals surface area contributed by atoms with E-state index in [1.165, 1.54) is 0 Å². The number of anilines is 1. The fraction of sp³-hybridized carbons (Fsp3) is 0.167. The molecule has 2 N–H and O–H groups in total. The second-order valence-corrected chi connectivity index (χ2v) is 3.84. The normalized spacial score (nSPS) is 11.5. The van der Waals surface area contributed by atoms with Crippen LogP contribution in [0.4, 0.5) is 19.0 Å². The van der Waals surface area contributed by atoms with Gasteiger partial charge in [0, 0.05) is 10.5 Å². The summed E-state index contributed by atoms with van der Waals surface area (Å²) in [6.07, 6.45) is -4.77. The number of nitrogens with two attached hydrogens (primary N) is 1. The molecule has 1 heterocycles. The molecule has 78 valence electrons. The van der Waals surface area contributed by atoms with Gasteiger partial charge >= 0.3 is 6.36 Å². The first-order chi connectivity index (χ1) is 6.29. The van der Waals surface area contributed by atoms with Crippen LogP contribution in [0.3, 0.4) is 0 Å². The van der Waals surface area contributed by atoms with Crippen LogP contribution < -0.4 is 10.5 Å². The summed E-state index contributed by atoms with van der Waals surface area (Å²) < 4.78 is 39.6. The topological polar surface area (TPSA) is 48.1 Å². The Labute approximate surface area is 93.7 Å². The van der Waals surface area contributed by atoms with Gasteiger partial charge in [0.2, 0.25) is 5.88 Å². The zero-order valence-electron chi connectivity index (χ0n) is 6.40. The number of ether oxygens (including phenoxy) is 1. The average molecular weight is 336 g/mol. The molecule has 3 nitrogen and oxygen atoms in total. The first-order valence-electron chi connectivity index (χ1n) is 3.17. The fourth-order valence-electron chi connectivity index (χ4n) is 0.665. The van der Waals surface area contributed by atoms with E-state index >= 15 is 0 Å². The molecule has 0 saturated heterocycles. The van der Waals surface area contributed by atoms with E-state index in [0.717, 1.165) is 6.07 Å². The van der Waals surface area contributed by atoms with Crippen molar-refractivity contribution in [2.75, 3.05) is 5.73 Å². The van der Waals surface area contributed by atoms with E-state index in [9.17, 15) is 13.2 Å². The number of hydrogen-bond acceptors (Lipinski definition) is 3. The van der Waals surface area contributed by atoms with Crippen LogP contribution in [0, 0.1) is 0 Å². The fourth-order valence-corrected chi connectivity index (χ4v) is 1.27. The summed E-state index contributed by atoms with van der Waals surface area (Å²) >= 11 is 6.01. The van der Waals surface area contributed by atoms with Gasteiger partial charge in [-0.2, -0.15) is 4.98 Å². The molecular weight excluding hydrogens is 333 g/mol. The summed E-state index contributed by atoms with van der Waals surface area (Å²) in [5, 5.41) is 0. The smallest absolute Gasteiger partial charge is 0.388 e. The highest BCUT2D eigenvalue weighted by Crippen LogP contribution is 2.32. The predicted octanol–water partition coefficient (Wildman–Crippen LogP) is 3.09. The summed E-state index contributed by atoms with van der Waals surface area (Å²) in [6.45, 7) is 0. The quantitative estimate of drug-likeness (QED) is 0.858. The lowest BCUT2D eigenvalue weighted by atomic mass is 10.4. The SMILES string of the molecule is Nc1nc(OC(F)(F)F)cc(Br)c1Br. The van der Waals surface area contributed by atoms with Crippen LogP contribution >= 0.6 is 31.9 Å². The molecule has 0 amide bonds. The van der Waals surface area contributed by atoms with Gasteiger partial charge in [-0.25, -0.2) is 0 Å². The van der Waals surface area contributed by atoms with Crippen LogP contribution in [0.15, 0.2) is 15.0 Å². The first kappa shape index (κ1) is 11.6. The standard InChI is InChI=1S/C6H3Br2F3N2O/c7-2-1-3(14-6(9,10)11)13-5(12)4(2)8/h1H,(H2,12,13). The van der Waals surface area contributed by atoms with Crippen molar-refractivity contribution in [3.63, 3.8) is 0 Å². The first-order valence-corrected chi connectivity index (χ1v) is 4.75. The second kappa shape index (κ2) is 3.93. The highest BCUT2D eigenvalue weighted by molar-refractivity contribution is 9.13. The number of halogens is 5. The molecular formula is C6H3Br2F3N2O. The molecule has 0 aliphatic heterocycles. The summed E-state index contributed by atoms with van der Waals surface area (Å²) in [4.78, 5) is 3.38. The minimum Gasteiger partial charge on any atom is -0.388 e. The number of nitrogen functional groups attached to an aromatic ring is 1. The maximum atomic E-state index is 11.8. The van der Waals surface area contributed by atoms with E-state index in [0.29, 0.717) is 8.95 Å². The maximum Gasteiger partial charge on any atom is 0.574 e. The van der Waals surface area contributed by atoms with Crippen molar-refractivity contribution in [1.82, 2.24) is 4.98 Å². The zero-order chi connectivity index (χ0) is 10.9. The lowest BCUT2D eigenvalue weighted by Gasteiger charge is -2.09. The lowest BCUT2D eigenvalue weighted by Crippen LogP contribution is -2.18. The third-order valence-corrected chi connectivity index (χ3v) is 3.13. The van der Waals surface area contributed by atoms with Crippen molar-refractivity contribution in [1.29, 1.82) is 0 Å². The number of hydrogen-bond donors (Lipinski definition) is 1. The molecule has 0 fully saturated rings. The monoisotopic (exact) mass is 334 g/mol. The molecule has 0 spiro atoms. The van der Waals surface area contributed by atoms with E-state index in [2.05, 4.69) is 41.6 Å². The maximum absolute atomic E-state index is 11.8. The average Bonchev–Trinajstić information content (AvgIpc) is 1.96. The van der Waals surface area contributed by atoms with Crippen LogP contribution in [0.25, 0.3) is 0 Å². The number of aromatic nitrogens is 1. The molecule has 14 heavy (non-hydrogen) atoms. The van der Waals surface area contributed by atoms with Gasteiger partial charge < -0.3 is 10.5 Å². The number of alkyl halides is 3. The Morgan fingerprint density at radius 3 is 2.36 bits per heavy atom. The lowest BCUT2D eigenvalue weighted by molar-refractivity contribution is -0.276. The van der Waals surface area contributed by atoms with Crippen LogP contribution in [0.1, 0.15) is 0 Å². The second-order valence-electron chi connectivity index (χ2n) is 2.19. The summed E-state index contributed by atoms with van der Waals surface area (Å²) in [7, 11) is 0. The third kappa shape index (κ3) is 3.02. The molecule has 0 bridgehead atoms. The van der Waals surface area contributed by atoms with Gasteiger partial charge in [0.1, 0.15) is 5.82 Å². The number of pyridine rings is 1. The van der Waals surface area contributed by atoms with Gasteiger partial charge in [-0.15, -0.1) is 13.2 Å².